The molecule has 6 heteroatoms. The van der Waals surface area contributed by atoms with Gasteiger partial charge < -0.3 is 16.0 Å². The van der Waals surface area contributed by atoms with Crippen LogP contribution in [0.15, 0.2) is 4.99 Å². The van der Waals surface area contributed by atoms with Crippen molar-refractivity contribution in [2.75, 3.05) is 26.7 Å². The first kappa shape index (κ1) is 20.0. The van der Waals surface area contributed by atoms with E-state index >= 15 is 0 Å². The van der Waals surface area contributed by atoms with Gasteiger partial charge in [0.05, 0.1) is 0 Å². The van der Waals surface area contributed by atoms with E-state index in [-0.39, 0.29) is 5.91 Å². The average molecular weight is 352 g/mol. The van der Waals surface area contributed by atoms with Crippen molar-refractivity contribution in [3.8, 4) is 0 Å². The molecule has 2 fully saturated rings. The molecule has 144 valence electrons. The second kappa shape index (κ2) is 10.00. The zero-order chi connectivity index (χ0) is 18.2. The van der Waals surface area contributed by atoms with Gasteiger partial charge in [-0.2, -0.15) is 0 Å². The molecule has 2 unspecified atom stereocenters. The molecule has 1 aliphatic carbocycles. The van der Waals surface area contributed by atoms with E-state index in [0.29, 0.717) is 37.0 Å². The van der Waals surface area contributed by atoms with Crippen molar-refractivity contribution in [3.63, 3.8) is 0 Å². The van der Waals surface area contributed by atoms with Gasteiger partial charge in [-0.1, -0.05) is 26.2 Å². The zero-order valence-corrected chi connectivity index (χ0v) is 16.5. The van der Waals surface area contributed by atoms with Crippen LogP contribution in [0.25, 0.3) is 0 Å². The van der Waals surface area contributed by atoms with Gasteiger partial charge in [0, 0.05) is 51.2 Å². The standard InChI is InChI=1S/C19H37N5O/c1-14(2)24-12-15(3)17(13-24)23-19(20-4)21-11-10-18(25)22-16-8-6-5-7-9-16/h14-17H,5-13H2,1-4H3,(H,22,25)(H2,20,21,23). The molecule has 6 nitrogen and oxygen atoms in total. The Morgan fingerprint density at radius 1 is 1.16 bits per heavy atom. The topological polar surface area (TPSA) is 68.8 Å². The van der Waals surface area contributed by atoms with Crippen LogP contribution in [0.5, 0.6) is 0 Å². The molecule has 2 rings (SSSR count). The highest BCUT2D eigenvalue weighted by Crippen LogP contribution is 2.19. The van der Waals surface area contributed by atoms with E-state index in [2.05, 4.69) is 46.6 Å². The summed E-state index contributed by atoms with van der Waals surface area (Å²) < 4.78 is 0. The predicted octanol–water partition coefficient (Wildman–Crippen LogP) is 1.72. The Morgan fingerprint density at radius 2 is 1.88 bits per heavy atom. The average Bonchev–Trinajstić information content (AvgIpc) is 2.96. The molecule has 0 aromatic heterocycles. The van der Waals surface area contributed by atoms with E-state index in [1.807, 2.05) is 0 Å². The Morgan fingerprint density at radius 3 is 2.48 bits per heavy atom. The number of guanidine groups is 1. The summed E-state index contributed by atoms with van der Waals surface area (Å²) in [7, 11) is 1.79. The number of likely N-dealkylation sites (tertiary alicyclic amines) is 1. The van der Waals surface area contributed by atoms with Gasteiger partial charge in [-0.15, -0.1) is 0 Å². The first-order chi connectivity index (χ1) is 12.0. The third kappa shape index (κ3) is 6.49. The number of amides is 1. The molecule has 2 atom stereocenters. The smallest absolute Gasteiger partial charge is 0.221 e. The lowest BCUT2D eigenvalue weighted by Crippen LogP contribution is -2.47. The zero-order valence-electron chi connectivity index (χ0n) is 16.5. The summed E-state index contributed by atoms with van der Waals surface area (Å²) >= 11 is 0. The van der Waals surface area contributed by atoms with Gasteiger partial charge >= 0.3 is 0 Å². The van der Waals surface area contributed by atoms with Crippen molar-refractivity contribution in [1.29, 1.82) is 0 Å². The monoisotopic (exact) mass is 351 g/mol. The summed E-state index contributed by atoms with van der Waals surface area (Å²) in [6, 6.07) is 1.37. The largest absolute Gasteiger partial charge is 0.356 e. The van der Waals surface area contributed by atoms with Crippen LogP contribution < -0.4 is 16.0 Å². The minimum absolute atomic E-state index is 0.148. The molecule has 0 bridgehead atoms. The number of nitrogens with one attached hydrogen (secondary N) is 3. The van der Waals surface area contributed by atoms with Crippen molar-refractivity contribution >= 4 is 11.9 Å². The second-order valence-corrected chi connectivity index (χ2v) is 7.93. The molecule has 0 radical (unpaired) electrons. The Labute approximate surface area is 153 Å². The number of hydrogen-bond acceptors (Lipinski definition) is 3. The van der Waals surface area contributed by atoms with Crippen LogP contribution in [0, 0.1) is 5.92 Å². The first-order valence-corrected chi connectivity index (χ1v) is 10.00. The summed E-state index contributed by atoms with van der Waals surface area (Å²) in [5.74, 6) is 1.54. The Bertz CT molecular complexity index is 445. The summed E-state index contributed by atoms with van der Waals surface area (Å²) in [6.45, 7) is 9.55. The summed E-state index contributed by atoms with van der Waals surface area (Å²) in [6.07, 6.45) is 6.56. The van der Waals surface area contributed by atoms with E-state index in [0.717, 1.165) is 31.9 Å². The molecule has 25 heavy (non-hydrogen) atoms. The van der Waals surface area contributed by atoms with Crippen LogP contribution in [0.2, 0.25) is 0 Å². The van der Waals surface area contributed by atoms with E-state index in [4.69, 9.17) is 0 Å². The quantitative estimate of drug-likeness (QED) is 0.503. The number of carbonyl (C=O) groups excluding carboxylic acids is 1. The normalized spacial score (nSPS) is 26.0. The molecule has 1 saturated heterocycles. The van der Waals surface area contributed by atoms with Gasteiger partial charge in [0.15, 0.2) is 5.96 Å². The van der Waals surface area contributed by atoms with E-state index in [9.17, 15) is 4.79 Å². The van der Waals surface area contributed by atoms with Crippen LogP contribution in [0.3, 0.4) is 0 Å². The third-order valence-corrected chi connectivity index (χ3v) is 5.53. The number of aliphatic imine (C=N–C) groups is 1. The van der Waals surface area contributed by atoms with Gasteiger partial charge in [0.1, 0.15) is 0 Å². The number of hydrogen-bond donors (Lipinski definition) is 3. The van der Waals surface area contributed by atoms with E-state index < -0.39 is 0 Å². The molecule has 3 N–H and O–H groups in total. The lowest BCUT2D eigenvalue weighted by atomic mass is 9.95. The predicted molar refractivity (Wildman–Crippen MR) is 104 cm³/mol. The third-order valence-electron chi connectivity index (χ3n) is 5.53. The van der Waals surface area contributed by atoms with Gasteiger partial charge in [-0.3, -0.25) is 14.7 Å². The second-order valence-electron chi connectivity index (χ2n) is 7.93. The number of rotatable bonds is 6. The maximum Gasteiger partial charge on any atom is 0.221 e. The van der Waals surface area contributed by atoms with Crippen molar-refractivity contribution < 1.29 is 4.79 Å². The van der Waals surface area contributed by atoms with Gasteiger partial charge in [-0.05, 0) is 32.6 Å². The molecular formula is C19H37N5O. The molecule has 1 heterocycles. The van der Waals surface area contributed by atoms with Crippen molar-refractivity contribution in [3.05, 3.63) is 0 Å². The van der Waals surface area contributed by atoms with Crippen molar-refractivity contribution in [2.45, 2.75) is 77.4 Å². The lowest BCUT2D eigenvalue weighted by molar-refractivity contribution is -0.121. The molecular weight excluding hydrogens is 314 g/mol. The first-order valence-electron chi connectivity index (χ1n) is 10.00. The van der Waals surface area contributed by atoms with E-state index in [1.165, 1.54) is 19.3 Å². The molecule has 0 spiro atoms. The van der Waals surface area contributed by atoms with Gasteiger partial charge in [0.2, 0.25) is 5.91 Å². The van der Waals surface area contributed by atoms with Crippen LogP contribution >= 0.6 is 0 Å². The number of nitrogens with zero attached hydrogens (tertiary/aromatic N) is 2. The van der Waals surface area contributed by atoms with Crippen LogP contribution in [-0.4, -0.2) is 61.6 Å². The summed E-state index contributed by atoms with van der Waals surface area (Å²) in [5.41, 5.74) is 0. The molecule has 1 amide bonds. The minimum Gasteiger partial charge on any atom is -0.356 e. The number of carbonyl (C=O) groups is 1. The fourth-order valence-electron chi connectivity index (χ4n) is 3.83. The van der Waals surface area contributed by atoms with Gasteiger partial charge in [0.25, 0.3) is 0 Å². The van der Waals surface area contributed by atoms with Crippen LogP contribution in [0.1, 0.15) is 59.3 Å². The maximum absolute atomic E-state index is 12.1. The molecule has 1 aliphatic heterocycles. The van der Waals surface area contributed by atoms with Crippen molar-refractivity contribution in [2.24, 2.45) is 10.9 Å². The highest BCUT2D eigenvalue weighted by Gasteiger charge is 2.31. The molecule has 1 saturated carbocycles. The maximum atomic E-state index is 12.1. The molecule has 0 aromatic rings. The minimum atomic E-state index is 0.148. The molecule has 0 aromatic carbocycles. The fraction of sp³-hybridized carbons (Fsp3) is 0.895. The lowest BCUT2D eigenvalue weighted by Gasteiger charge is -2.23. The highest BCUT2D eigenvalue weighted by molar-refractivity contribution is 5.81. The van der Waals surface area contributed by atoms with Crippen molar-refractivity contribution in [1.82, 2.24) is 20.9 Å². The van der Waals surface area contributed by atoms with Crippen LogP contribution in [-0.2, 0) is 4.79 Å². The van der Waals surface area contributed by atoms with E-state index in [1.54, 1.807) is 7.05 Å². The SMILES string of the molecule is CN=C(NCCC(=O)NC1CCCCC1)NC1CN(C(C)C)CC1C. The Hall–Kier alpha value is -1.30. The Kier molecular flexibility index (Phi) is 8.00. The van der Waals surface area contributed by atoms with Crippen LogP contribution in [0.4, 0.5) is 0 Å². The highest BCUT2D eigenvalue weighted by atomic mass is 16.1. The summed E-state index contributed by atoms with van der Waals surface area (Å²) in [5, 5.41) is 9.97. The Balaban J connectivity index is 1.67. The fourth-order valence-corrected chi connectivity index (χ4v) is 3.83. The molecule has 2 aliphatic rings. The van der Waals surface area contributed by atoms with Gasteiger partial charge in [-0.25, -0.2) is 0 Å². The summed E-state index contributed by atoms with van der Waals surface area (Å²) in [4.78, 5) is 18.9.